The number of thioether (sulfide) groups is 1. The van der Waals surface area contributed by atoms with Crippen LogP contribution in [0, 0.1) is 17.1 Å². The Morgan fingerprint density at radius 2 is 2.03 bits per heavy atom. The molecule has 0 atom stereocenters. The van der Waals surface area contributed by atoms with Crippen molar-refractivity contribution in [2.24, 2.45) is 0 Å². The van der Waals surface area contributed by atoms with E-state index in [0.717, 1.165) is 31.6 Å². The van der Waals surface area contributed by atoms with Crippen LogP contribution in [0.4, 0.5) is 27.4 Å². The minimum absolute atomic E-state index is 0.0459. The lowest BCUT2D eigenvalue weighted by Crippen LogP contribution is -2.42. The first-order valence-electron chi connectivity index (χ1n) is 11.8. The van der Waals surface area contributed by atoms with E-state index in [1.165, 1.54) is 35.0 Å². The molecule has 2 aliphatic rings. The van der Waals surface area contributed by atoms with Crippen LogP contribution in [-0.2, 0) is 0 Å². The fraction of sp³-hybridized carbons (Fsp3) is 0.308. The van der Waals surface area contributed by atoms with Crippen LogP contribution in [0.5, 0.6) is 0 Å². The van der Waals surface area contributed by atoms with E-state index in [0.29, 0.717) is 28.3 Å². The maximum Gasteiger partial charge on any atom is 0.263 e. The molecule has 1 N–H and O–H groups in total. The molecule has 0 radical (unpaired) electrons. The van der Waals surface area contributed by atoms with Crippen LogP contribution in [0.3, 0.4) is 0 Å². The normalized spacial score (nSPS) is 16.1. The molecule has 37 heavy (non-hydrogen) atoms. The number of aromatic nitrogens is 2. The van der Waals surface area contributed by atoms with Crippen molar-refractivity contribution >= 4 is 52.3 Å². The third kappa shape index (κ3) is 5.07. The Hall–Kier alpha value is -3.39. The number of fused-ring (bicyclic) bond motifs is 1. The second-order valence-corrected chi connectivity index (χ2v) is 10.5. The largest absolute Gasteiger partial charge is 0.370 e. The first kappa shape index (κ1) is 25.3. The lowest BCUT2D eigenvalue weighted by atomic mass is 10.0. The van der Waals surface area contributed by atoms with E-state index in [2.05, 4.69) is 45.2 Å². The molecule has 0 spiro atoms. The van der Waals surface area contributed by atoms with Gasteiger partial charge in [-0.15, -0.1) is 0 Å². The van der Waals surface area contributed by atoms with Gasteiger partial charge in [-0.25, -0.2) is 14.4 Å². The number of para-hydroxylation sites is 1. The number of piperidine rings is 1. The summed E-state index contributed by atoms with van der Waals surface area (Å²) in [4.78, 5) is 27.7. The SMILES string of the molecule is CN(C)C1CCN(c2ccc(Nc3ncc4c(n3)SCN(c3c(F)cccc3Cl)C4=O)cc2C#N)CC1. The number of benzene rings is 2. The maximum atomic E-state index is 14.4. The number of anilines is 4. The number of halogens is 2. The Morgan fingerprint density at radius 3 is 2.73 bits per heavy atom. The second kappa shape index (κ2) is 10.5. The topological polar surface area (TPSA) is 88.4 Å². The lowest BCUT2D eigenvalue weighted by Gasteiger charge is -2.36. The number of amides is 1. The van der Waals surface area contributed by atoms with Gasteiger partial charge in [-0.05, 0) is 57.3 Å². The van der Waals surface area contributed by atoms with Crippen molar-refractivity contribution in [3.8, 4) is 6.07 Å². The molecule has 190 valence electrons. The van der Waals surface area contributed by atoms with Crippen LogP contribution in [0.15, 0.2) is 47.6 Å². The zero-order chi connectivity index (χ0) is 26.1. The molecule has 0 unspecified atom stereocenters. The van der Waals surface area contributed by atoms with Crippen LogP contribution in [0.25, 0.3) is 0 Å². The zero-order valence-electron chi connectivity index (χ0n) is 20.4. The van der Waals surface area contributed by atoms with Crippen molar-refractivity contribution in [1.29, 1.82) is 5.26 Å². The zero-order valence-corrected chi connectivity index (χ0v) is 22.0. The molecule has 0 bridgehead atoms. The summed E-state index contributed by atoms with van der Waals surface area (Å²) in [6, 6.07) is 12.8. The molecule has 1 amide bonds. The quantitative estimate of drug-likeness (QED) is 0.448. The fourth-order valence-electron chi connectivity index (χ4n) is 4.66. The third-order valence-corrected chi connectivity index (χ3v) is 7.95. The van der Waals surface area contributed by atoms with E-state index in [4.69, 9.17) is 11.6 Å². The van der Waals surface area contributed by atoms with Crippen molar-refractivity contribution in [1.82, 2.24) is 14.9 Å². The van der Waals surface area contributed by atoms with Crippen LogP contribution >= 0.6 is 23.4 Å². The lowest BCUT2D eigenvalue weighted by molar-refractivity contribution is 0.0985. The number of carbonyl (C=O) groups excluding carboxylic acids is 1. The van der Waals surface area contributed by atoms with Crippen LogP contribution < -0.4 is 15.1 Å². The van der Waals surface area contributed by atoms with E-state index < -0.39 is 11.7 Å². The Labute approximate surface area is 224 Å². The van der Waals surface area contributed by atoms with Gasteiger partial charge in [0, 0.05) is 31.0 Å². The predicted molar refractivity (Wildman–Crippen MR) is 144 cm³/mol. The summed E-state index contributed by atoms with van der Waals surface area (Å²) in [6.45, 7) is 1.80. The van der Waals surface area contributed by atoms with Crippen LogP contribution in [0.1, 0.15) is 28.8 Å². The number of nitriles is 1. The van der Waals surface area contributed by atoms with Crippen LogP contribution in [-0.4, -0.2) is 59.9 Å². The number of rotatable bonds is 5. The van der Waals surface area contributed by atoms with Gasteiger partial charge in [0.05, 0.1) is 33.4 Å². The Kier molecular flexibility index (Phi) is 7.20. The van der Waals surface area contributed by atoms with E-state index in [-0.39, 0.29) is 22.2 Å². The van der Waals surface area contributed by atoms with Crippen molar-refractivity contribution in [3.05, 3.63) is 64.6 Å². The molecule has 2 aliphatic heterocycles. The summed E-state index contributed by atoms with van der Waals surface area (Å²) < 4.78 is 14.4. The molecule has 2 aromatic carbocycles. The number of hydrogen-bond donors (Lipinski definition) is 1. The molecule has 3 heterocycles. The number of carbonyl (C=O) groups is 1. The van der Waals surface area contributed by atoms with Crippen molar-refractivity contribution < 1.29 is 9.18 Å². The maximum absolute atomic E-state index is 14.4. The molecule has 1 saturated heterocycles. The first-order valence-corrected chi connectivity index (χ1v) is 13.2. The minimum Gasteiger partial charge on any atom is -0.370 e. The number of nitrogens with zero attached hydrogens (tertiary/aromatic N) is 6. The van der Waals surface area contributed by atoms with Crippen molar-refractivity contribution in [2.75, 3.05) is 48.2 Å². The fourth-order valence-corrected chi connectivity index (χ4v) is 5.87. The summed E-state index contributed by atoms with van der Waals surface area (Å²) in [5, 5.41) is 13.6. The highest BCUT2D eigenvalue weighted by Gasteiger charge is 2.31. The standard InChI is InChI=1S/C26H25ClFN7OS/c1-33(2)18-8-10-34(11-9-18)22-7-6-17(12-16(22)13-29)31-26-30-14-19-24(32-26)37-15-35(25(19)36)23-20(27)4-3-5-21(23)28/h3-7,12,14,18H,8-11,15H2,1-2H3,(H,30,31,32). The van der Waals surface area contributed by atoms with E-state index in [1.54, 1.807) is 12.1 Å². The predicted octanol–water partition coefficient (Wildman–Crippen LogP) is 5.12. The van der Waals surface area contributed by atoms with Gasteiger partial charge in [-0.2, -0.15) is 5.26 Å². The number of hydrogen-bond acceptors (Lipinski definition) is 8. The summed E-state index contributed by atoms with van der Waals surface area (Å²) in [5.41, 5.74) is 2.49. The monoisotopic (exact) mass is 537 g/mol. The third-order valence-electron chi connectivity index (χ3n) is 6.68. The van der Waals surface area contributed by atoms with Gasteiger partial charge in [0.25, 0.3) is 5.91 Å². The van der Waals surface area contributed by atoms with Gasteiger partial charge in [0.2, 0.25) is 5.95 Å². The summed E-state index contributed by atoms with van der Waals surface area (Å²) in [5.74, 6) is -0.509. The van der Waals surface area contributed by atoms with E-state index >= 15 is 0 Å². The Balaban J connectivity index is 1.32. The highest BCUT2D eigenvalue weighted by Crippen LogP contribution is 2.37. The van der Waals surface area contributed by atoms with Gasteiger partial charge in [0.15, 0.2) is 0 Å². The van der Waals surface area contributed by atoms with Gasteiger partial charge in [0.1, 0.15) is 16.9 Å². The highest BCUT2D eigenvalue weighted by atomic mass is 35.5. The Morgan fingerprint density at radius 1 is 1.24 bits per heavy atom. The molecular weight excluding hydrogens is 513 g/mol. The molecule has 5 rings (SSSR count). The summed E-state index contributed by atoms with van der Waals surface area (Å²) >= 11 is 7.46. The molecule has 0 saturated carbocycles. The van der Waals surface area contributed by atoms with Crippen molar-refractivity contribution in [2.45, 2.75) is 23.9 Å². The summed E-state index contributed by atoms with van der Waals surface area (Å²) in [6.07, 6.45) is 3.53. The minimum atomic E-state index is -0.567. The first-order chi connectivity index (χ1) is 17.9. The number of nitrogens with one attached hydrogen (secondary N) is 1. The van der Waals surface area contributed by atoms with E-state index in [1.807, 2.05) is 12.1 Å². The molecule has 8 nitrogen and oxygen atoms in total. The van der Waals surface area contributed by atoms with Gasteiger partial charge in [-0.1, -0.05) is 29.4 Å². The smallest absolute Gasteiger partial charge is 0.263 e. The molecule has 11 heteroatoms. The molecule has 1 fully saturated rings. The average Bonchev–Trinajstić information content (AvgIpc) is 2.90. The molecule has 0 aliphatic carbocycles. The van der Waals surface area contributed by atoms with Gasteiger partial charge in [-0.3, -0.25) is 9.69 Å². The molecule has 3 aromatic rings. The van der Waals surface area contributed by atoms with Crippen LogP contribution in [0.2, 0.25) is 5.02 Å². The highest BCUT2D eigenvalue weighted by molar-refractivity contribution is 7.99. The van der Waals surface area contributed by atoms with E-state index in [9.17, 15) is 14.4 Å². The summed E-state index contributed by atoms with van der Waals surface area (Å²) in [7, 11) is 4.21. The Bertz CT molecular complexity index is 1370. The van der Waals surface area contributed by atoms with Gasteiger partial charge >= 0.3 is 0 Å². The average molecular weight is 538 g/mol. The molecular formula is C26H25ClFN7OS. The van der Waals surface area contributed by atoms with Crippen molar-refractivity contribution in [3.63, 3.8) is 0 Å². The van der Waals surface area contributed by atoms with Gasteiger partial charge < -0.3 is 15.1 Å². The molecule has 1 aromatic heterocycles. The second-order valence-electron chi connectivity index (χ2n) is 9.14.